The third-order valence-corrected chi connectivity index (χ3v) is 18.4. The molecule has 2 nitrogen and oxygen atoms in total. The molecule has 0 radical (unpaired) electrons. The monoisotopic (exact) mass is 879 g/mol. The van der Waals surface area contributed by atoms with E-state index >= 15 is 0 Å². The van der Waals surface area contributed by atoms with Gasteiger partial charge in [0.25, 0.3) is 0 Å². The summed E-state index contributed by atoms with van der Waals surface area (Å²) in [5, 5.41) is 8.72. The van der Waals surface area contributed by atoms with E-state index in [-0.39, 0.29) is 23.0 Å². The van der Waals surface area contributed by atoms with Crippen LogP contribution in [0.4, 0.5) is 0 Å². The van der Waals surface area contributed by atoms with Gasteiger partial charge < -0.3 is 5.32 Å². The van der Waals surface area contributed by atoms with Crippen LogP contribution >= 0.6 is 0 Å². The fourth-order valence-electron chi connectivity index (χ4n) is 15.7. The van der Waals surface area contributed by atoms with Gasteiger partial charge in [-0.2, -0.15) is 0 Å². The van der Waals surface area contributed by atoms with E-state index in [1.165, 1.54) is 107 Å². The first-order valence-corrected chi connectivity index (χ1v) is 27.2. The zero-order chi connectivity index (χ0) is 45.1. The fourth-order valence-corrected chi connectivity index (χ4v) is 15.7. The largest absolute Gasteiger partial charge is 0.369 e. The predicted molar refractivity (Wildman–Crippen MR) is 280 cm³/mol. The molecule has 10 rings (SSSR count). The van der Waals surface area contributed by atoms with Gasteiger partial charge in [0.2, 0.25) is 0 Å². The molecule has 0 aromatic heterocycles. The topological polar surface area (TPSA) is 24.1 Å². The van der Waals surface area contributed by atoms with Crippen LogP contribution in [0.3, 0.4) is 0 Å². The Balaban J connectivity index is 1.10. The summed E-state index contributed by atoms with van der Waals surface area (Å²) in [6.45, 7) is 9.89. The molecular weight excluding hydrogens is 797 g/mol. The maximum atomic E-state index is 4.41. The molecule has 0 bridgehead atoms. The van der Waals surface area contributed by atoms with E-state index in [1.807, 2.05) is 0 Å². The van der Waals surface area contributed by atoms with Gasteiger partial charge in [0.05, 0.1) is 6.17 Å². The summed E-state index contributed by atoms with van der Waals surface area (Å²) in [5.41, 5.74) is 10.8. The quantitative estimate of drug-likeness (QED) is 0.216. The Morgan fingerprint density at radius 1 is 0.652 bits per heavy atom. The van der Waals surface area contributed by atoms with Gasteiger partial charge in [0.15, 0.2) is 0 Å². The molecule has 1 aromatic carbocycles. The molecule has 13 unspecified atom stereocenters. The number of hydrogen-bond acceptors (Lipinski definition) is 2. The molecule has 8 aliphatic carbocycles. The van der Waals surface area contributed by atoms with Gasteiger partial charge in [-0.25, -0.2) is 0 Å². The third kappa shape index (κ3) is 8.65. The second-order valence-electron chi connectivity index (χ2n) is 22.5. The minimum absolute atomic E-state index is 0.00139. The Bertz CT molecular complexity index is 2280. The molecule has 0 saturated carbocycles. The molecule has 0 saturated heterocycles. The van der Waals surface area contributed by atoms with Gasteiger partial charge in [-0.1, -0.05) is 171 Å². The first-order valence-electron chi connectivity index (χ1n) is 27.2. The summed E-state index contributed by atoms with van der Waals surface area (Å²) in [6, 6.07) is 12.0. The first-order chi connectivity index (χ1) is 32.4. The van der Waals surface area contributed by atoms with E-state index < -0.39 is 0 Å². The van der Waals surface area contributed by atoms with Gasteiger partial charge in [-0.15, -0.1) is 0 Å². The Hall–Kier alpha value is -4.14. The molecule has 1 aliphatic heterocycles. The van der Waals surface area contributed by atoms with E-state index in [0.29, 0.717) is 53.3 Å². The van der Waals surface area contributed by atoms with Crippen LogP contribution in [-0.2, 0) is 5.41 Å². The first kappa shape index (κ1) is 45.6. The van der Waals surface area contributed by atoms with Gasteiger partial charge in [-0.3, -0.25) is 5.32 Å². The van der Waals surface area contributed by atoms with E-state index in [0.717, 1.165) is 19.3 Å². The van der Waals surface area contributed by atoms with Gasteiger partial charge in [-0.05, 0) is 186 Å². The summed E-state index contributed by atoms with van der Waals surface area (Å²) in [6.07, 6.45) is 67.4. The van der Waals surface area contributed by atoms with Gasteiger partial charge in [0.1, 0.15) is 0 Å². The smallest absolute Gasteiger partial charge is 0.0810 e. The number of rotatable bonds is 11. The van der Waals surface area contributed by atoms with Crippen LogP contribution in [0, 0.1) is 58.7 Å². The average molecular weight is 879 g/mol. The van der Waals surface area contributed by atoms with Crippen LogP contribution in [0.5, 0.6) is 0 Å². The Morgan fingerprint density at radius 3 is 2.17 bits per heavy atom. The molecule has 13 atom stereocenters. The van der Waals surface area contributed by atoms with Crippen molar-refractivity contribution in [2.45, 2.75) is 154 Å². The van der Waals surface area contributed by atoms with Crippen molar-refractivity contribution in [1.82, 2.24) is 10.6 Å². The van der Waals surface area contributed by atoms with Crippen molar-refractivity contribution < 1.29 is 0 Å². The lowest BCUT2D eigenvalue weighted by atomic mass is 9.51. The summed E-state index contributed by atoms with van der Waals surface area (Å²) < 4.78 is 0. The second kappa shape index (κ2) is 20.2. The number of nitrogens with one attached hydrogen (secondary N) is 2. The number of allylic oxidation sites excluding steroid dienone is 20. The minimum atomic E-state index is -0.0489. The summed E-state index contributed by atoms with van der Waals surface area (Å²) in [7, 11) is 0. The molecule has 0 spiro atoms. The third-order valence-electron chi connectivity index (χ3n) is 18.4. The maximum absolute atomic E-state index is 4.41. The van der Waals surface area contributed by atoms with Crippen molar-refractivity contribution in [2.24, 2.45) is 58.7 Å². The molecule has 9 aliphatic rings. The predicted octanol–water partition coefficient (Wildman–Crippen LogP) is 16.0. The Morgan fingerprint density at radius 2 is 1.45 bits per heavy atom. The van der Waals surface area contributed by atoms with E-state index in [4.69, 9.17) is 0 Å². The van der Waals surface area contributed by atoms with Crippen LogP contribution in [0.1, 0.15) is 142 Å². The molecule has 66 heavy (non-hydrogen) atoms. The normalized spacial score (nSPS) is 36.4. The highest BCUT2D eigenvalue weighted by Crippen LogP contribution is 2.60. The lowest BCUT2D eigenvalue weighted by molar-refractivity contribution is 0.149. The van der Waals surface area contributed by atoms with Crippen LogP contribution in [0.2, 0.25) is 0 Å². The number of hydrogen-bond donors (Lipinski definition) is 2. The average Bonchev–Trinajstić information content (AvgIpc) is 3.36. The molecule has 2 N–H and O–H groups in total. The molecule has 2 heteroatoms. The molecule has 0 fully saturated rings. The van der Waals surface area contributed by atoms with Crippen molar-refractivity contribution in [3.8, 4) is 0 Å². The zero-order valence-corrected chi connectivity index (χ0v) is 41.2. The van der Waals surface area contributed by atoms with E-state index in [1.54, 1.807) is 22.3 Å². The van der Waals surface area contributed by atoms with Crippen molar-refractivity contribution in [3.05, 3.63) is 179 Å². The maximum Gasteiger partial charge on any atom is 0.0810 e. The highest BCUT2D eigenvalue weighted by molar-refractivity contribution is 5.51. The number of benzene rings is 1. The fraction of sp³-hybridized carbons (Fsp3) is 0.531. The molecule has 0 amide bonds. The van der Waals surface area contributed by atoms with Crippen molar-refractivity contribution in [2.75, 3.05) is 0 Å². The van der Waals surface area contributed by atoms with Crippen molar-refractivity contribution >= 4 is 0 Å². The van der Waals surface area contributed by atoms with Crippen LogP contribution in [0.15, 0.2) is 173 Å². The van der Waals surface area contributed by atoms with Crippen molar-refractivity contribution in [3.63, 3.8) is 0 Å². The molecule has 348 valence electrons. The summed E-state index contributed by atoms with van der Waals surface area (Å²) >= 11 is 0. The van der Waals surface area contributed by atoms with Crippen LogP contribution in [-0.4, -0.2) is 12.2 Å². The van der Waals surface area contributed by atoms with Crippen LogP contribution < -0.4 is 10.6 Å². The van der Waals surface area contributed by atoms with Gasteiger partial charge in [0, 0.05) is 28.5 Å². The Kier molecular flexibility index (Phi) is 14.0. The lowest BCUT2D eigenvalue weighted by Gasteiger charge is -2.53. The lowest BCUT2D eigenvalue weighted by Crippen LogP contribution is -2.59. The second-order valence-corrected chi connectivity index (χ2v) is 22.5. The SMILES string of the molecule is CC1=CC(C)C(C2NC(C3=CC(C(C4=CCCCC4)(c4ccccc4)C4C=CCCC4)CC=C3)=CC(C3C=C(C(C4=CC=CCC4C)(C4C=CCCC4)C4CC=CCC4)C=CC3)N2)C(C)C1. The van der Waals surface area contributed by atoms with Crippen LogP contribution in [0.25, 0.3) is 0 Å². The minimum Gasteiger partial charge on any atom is -0.369 e. The molecule has 1 heterocycles. The Labute approximate surface area is 400 Å². The van der Waals surface area contributed by atoms with E-state index in [9.17, 15) is 0 Å². The summed E-state index contributed by atoms with van der Waals surface area (Å²) in [5.74, 6) is 4.49. The van der Waals surface area contributed by atoms with Crippen molar-refractivity contribution in [1.29, 1.82) is 0 Å². The standard InChI is InChI=1S/C64H82N2/c1-45-40-47(3)61(48(4)41-45)62-65-59(49-25-22-37-56(42-49)63(51-27-10-5-11-28-51,52-29-12-6-13-30-52)53-31-14-7-15-32-53)44-60(66-62)50-26-23-38-57(43-50)64(54-33-16-8-17-34-54,55-35-18-9-19-36-55)58-39-21-20-24-46(58)2/h5,8,10-12,16,18,20-23,25,27-29,31,35,38-40,42-44,46-48,50,52,54-56,60-62,65-66H,6-7,9,13-15,17,19,24,26,30,32-34,36-37,41H2,1-4H3. The molecular formula is C64H82N2. The highest BCUT2D eigenvalue weighted by atomic mass is 15.2. The molecule has 1 aromatic rings. The zero-order valence-electron chi connectivity index (χ0n) is 41.2. The van der Waals surface area contributed by atoms with E-state index in [2.05, 4.69) is 178 Å². The highest BCUT2D eigenvalue weighted by Gasteiger charge is 2.52. The summed E-state index contributed by atoms with van der Waals surface area (Å²) in [4.78, 5) is 0. The van der Waals surface area contributed by atoms with Gasteiger partial charge >= 0.3 is 0 Å².